The van der Waals surface area contributed by atoms with E-state index in [1.807, 2.05) is 31.0 Å². The number of pyridine rings is 1. The van der Waals surface area contributed by atoms with Crippen molar-refractivity contribution in [2.24, 2.45) is 5.41 Å². The highest BCUT2D eigenvalue weighted by molar-refractivity contribution is 5.97. The summed E-state index contributed by atoms with van der Waals surface area (Å²) in [7, 11) is 0. The molecule has 3 aliphatic heterocycles. The molecule has 2 saturated heterocycles. The number of benzene rings is 1. The molecular weight excluding hydrogens is 563 g/mol. The Balaban J connectivity index is 1.04. The van der Waals surface area contributed by atoms with Crippen LogP contribution in [0.25, 0.3) is 0 Å². The highest BCUT2D eigenvalue weighted by Crippen LogP contribution is 2.52. The minimum Gasteiger partial charge on any atom is -0.490 e. The molecular formula is C33H39FN6O4. The van der Waals surface area contributed by atoms with Gasteiger partial charge in [-0.05, 0) is 57.7 Å². The number of rotatable bonds is 8. The summed E-state index contributed by atoms with van der Waals surface area (Å²) >= 11 is 0. The Hall–Kier alpha value is -3.83. The Morgan fingerprint density at radius 2 is 1.98 bits per heavy atom. The lowest BCUT2D eigenvalue weighted by Gasteiger charge is -2.59. The standard InChI is InChI=1S/C33H39FN6O4/c1-21(2)40(22-8-12-42-13-9-22)32(41)24-4-3-5-26(34)30(24)44-29-17-36-20-38-31(29)39-18-33(19-39)14-23(15-33)43-28-7-11-37-27-6-10-35-16-25(27)28/h3-5,7,11,17,20-23,35H,6,8-10,12-16,18-19H2,1-2H3. The summed E-state index contributed by atoms with van der Waals surface area (Å²) in [5.74, 6) is 0.896. The van der Waals surface area contributed by atoms with Gasteiger partial charge in [0.1, 0.15) is 18.2 Å². The minimum atomic E-state index is -0.603. The van der Waals surface area contributed by atoms with Crippen LogP contribution in [-0.2, 0) is 17.7 Å². The van der Waals surface area contributed by atoms with Crippen LogP contribution < -0.4 is 19.7 Å². The highest BCUT2D eigenvalue weighted by atomic mass is 19.1. The summed E-state index contributed by atoms with van der Waals surface area (Å²) in [6.45, 7) is 8.50. The van der Waals surface area contributed by atoms with Crippen LogP contribution in [0.3, 0.4) is 0 Å². The van der Waals surface area contributed by atoms with E-state index in [1.54, 1.807) is 18.3 Å². The van der Waals surface area contributed by atoms with E-state index in [4.69, 9.17) is 14.2 Å². The second-order valence-corrected chi connectivity index (χ2v) is 12.7. The van der Waals surface area contributed by atoms with Gasteiger partial charge in [0.25, 0.3) is 5.91 Å². The maximum Gasteiger partial charge on any atom is 0.258 e. The number of ether oxygens (including phenoxy) is 3. The third-order valence-electron chi connectivity index (χ3n) is 9.35. The first kappa shape index (κ1) is 28.9. The molecule has 1 amide bonds. The summed E-state index contributed by atoms with van der Waals surface area (Å²) < 4.78 is 33.5. The van der Waals surface area contributed by atoms with Gasteiger partial charge < -0.3 is 29.3 Å². The van der Waals surface area contributed by atoms with Gasteiger partial charge in [0.2, 0.25) is 0 Å². The van der Waals surface area contributed by atoms with Crippen LogP contribution in [-0.4, -0.2) is 76.8 Å². The van der Waals surface area contributed by atoms with E-state index in [0.29, 0.717) is 24.8 Å². The number of para-hydroxylation sites is 1. The first-order valence-corrected chi connectivity index (χ1v) is 15.7. The number of fused-ring (bicyclic) bond motifs is 1. The molecule has 3 aromatic rings. The second-order valence-electron chi connectivity index (χ2n) is 12.7. The van der Waals surface area contributed by atoms with E-state index in [9.17, 15) is 4.79 Å². The molecule has 3 fully saturated rings. The Bertz CT molecular complexity index is 1520. The lowest BCUT2D eigenvalue weighted by molar-refractivity contribution is -0.0350. The summed E-state index contributed by atoms with van der Waals surface area (Å²) in [6, 6.07) is 6.42. The Morgan fingerprint density at radius 3 is 2.77 bits per heavy atom. The number of anilines is 1. The van der Waals surface area contributed by atoms with Gasteiger partial charge in [-0.2, -0.15) is 0 Å². The highest BCUT2D eigenvalue weighted by Gasteiger charge is 2.54. The average molecular weight is 603 g/mol. The molecule has 1 spiro atoms. The largest absolute Gasteiger partial charge is 0.490 e. The van der Waals surface area contributed by atoms with Crippen LogP contribution in [0.5, 0.6) is 17.2 Å². The van der Waals surface area contributed by atoms with E-state index < -0.39 is 5.82 Å². The van der Waals surface area contributed by atoms with Gasteiger partial charge >= 0.3 is 0 Å². The van der Waals surface area contributed by atoms with Crippen molar-refractivity contribution in [3.8, 4) is 17.2 Å². The van der Waals surface area contributed by atoms with Crippen LogP contribution in [0.15, 0.2) is 43.0 Å². The van der Waals surface area contributed by atoms with E-state index in [1.165, 1.54) is 18.0 Å². The number of aromatic nitrogens is 3. The molecule has 1 aromatic carbocycles. The number of halogens is 1. The molecule has 1 N–H and O–H groups in total. The van der Waals surface area contributed by atoms with Crippen molar-refractivity contribution in [2.75, 3.05) is 37.7 Å². The van der Waals surface area contributed by atoms with Crippen LogP contribution in [0, 0.1) is 11.2 Å². The molecule has 7 rings (SSSR count). The number of nitrogens with one attached hydrogen (secondary N) is 1. The zero-order chi connectivity index (χ0) is 30.3. The van der Waals surface area contributed by atoms with Gasteiger partial charge in [-0.15, -0.1) is 0 Å². The van der Waals surface area contributed by atoms with Crippen molar-refractivity contribution in [3.05, 3.63) is 65.6 Å². The number of carbonyl (C=O) groups excluding carboxylic acids is 1. The number of hydrogen-bond acceptors (Lipinski definition) is 9. The van der Waals surface area contributed by atoms with E-state index in [-0.39, 0.29) is 40.8 Å². The molecule has 0 bridgehead atoms. The fourth-order valence-electron chi connectivity index (χ4n) is 7.23. The smallest absolute Gasteiger partial charge is 0.258 e. The maximum atomic E-state index is 15.4. The van der Waals surface area contributed by atoms with Crippen molar-refractivity contribution in [1.82, 2.24) is 25.2 Å². The molecule has 1 aliphatic carbocycles. The molecule has 1 saturated carbocycles. The first-order valence-electron chi connectivity index (χ1n) is 15.7. The topological polar surface area (TPSA) is 102 Å². The molecule has 232 valence electrons. The van der Waals surface area contributed by atoms with E-state index >= 15 is 4.39 Å². The van der Waals surface area contributed by atoms with Gasteiger partial charge in [-0.1, -0.05) is 6.07 Å². The quantitative estimate of drug-likeness (QED) is 0.399. The van der Waals surface area contributed by atoms with Gasteiger partial charge in [0.05, 0.1) is 11.8 Å². The van der Waals surface area contributed by atoms with Crippen molar-refractivity contribution in [3.63, 3.8) is 0 Å². The Morgan fingerprint density at radius 1 is 1.16 bits per heavy atom. The predicted octanol–water partition coefficient (Wildman–Crippen LogP) is 4.53. The predicted molar refractivity (Wildman–Crippen MR) is 162 cm³/mol. The van der Waals surface area contributed by atoms with Crippen LogP contribution in [0.2, 0.25) is 0 Å². The summed E-state index contributed by atoms with van der Waals surface area (Å²) in [5.41, 5.74) is 2.64. The van der Waals surface area contributed by atoms with Crippen LogP contribution in [0.1, 0.15) is 61.1 Å². The summed E-state index contributed by atoms with van der Waals surface area (Å²) in [6.07, 6.45) is 9.35. The molecule has 2 aromatic heterocycles. The Labute approximate surface area is 256 Å². The number of hydrogen-bond donors (Lipinski definition) is 1. The maximum absolute atomic E-state index is 15.4. The van der Waals surface area contributed by atoms with E-state index in [0.717, 1.165) is 69.7 Å². The van der Waals surface area contributed by atoms with Crippen molar-refractivity contribution < 1.29 is 23.4 Å². The molecule has 11 heteroatoms. The number of amides is 1. The lowest BCUT2D eigenvalue weighted by Crippen LogP contribution is -2.65. The van der Waals surface area contributed by atoms with Gasteiger partial charge in [0.15, 0.2) is 23.1 Å². The second kappa shape index (κ2) is 11.9. The molecule has 4 aliphatic rings. The molecule has 5 heterocycles. The van der Waals surface area contributed by atoms with Gasteiger partial charge in [0, 0.05) is 80.8 Å². The third kappa shape index (κ3) is 5.47. The molecule has 0 unspecified atom stereocenters. The lowest BCUT2D eigenvalue weighted by atomic mass is 9.61. The average Bonchev–Trinajstić information content (AvgIpc) is 2.99. The van der Waals surface area contributed by atoms with Gasteiger partial charge in [-0.3, -0.25) is 9.78 Å². The van der Waals surface area contributed by atoms with Crippen LogP contribution >= 0.6 is 0 Å². The van der Waals surface area contributed by atoms with E-state index in [2.05, 4.69) is 25.2 Å². The molecule has 0 radical (unpaired) electrons. The summed E-state index contributed by atoms with van der Waals surface area (Å²) in [4.78, 5) is 31.1. The third-order valence-corrected chi connectivity index (χ3v) is 9.35. The summed E-state index contributed by atoms with van der Waals surface area (Å²) in [5, 5.41) is 3.41. The molecule has 44 heavy (non-hydrogen) atoms. The number of carbonyl (C=O) groups is 1. The molecule has 0 atom stereocenters. The number of nitrogens with zero attached hydrogens (tertiary/aromatic N) is 5. The van der Waals surface area contributed by atoms with Crippen LogP contribution in [0.4, 0.5) is 10.2 Å². The zero-order valence-electron chi connectivity index (χ0n) is 25.3. The normalized spacial score (nSPS) is 19.7. The molecule has 10 nitrogen and oxygen atoms in total. The van der Waals surface area contributed by atoms with Crippen molar-refractivity contribution in [1.29, 1.82) is 0 Å². The fourth-order valence-corrected chi connectivity index (χ4v) is 7.23. The first-order chi connectivity index (χ1) is 21.4. The van der Waals surface area contributed by atoms with Gasteiger partial charge in [-0.25, -0.2) is 14.4 Å². The zero-order valence-corrected chi connectivity index (χ0v) is 25.3. The SMILES string of the molecule is CC(C)N(C(=O)c1cccc(F)c1Oc1cncnc1N1CC2(CC(Oc3ccnc4c3CNCC4)C2)C1)C1CCOCC1. The Kier molecular flexibility index (Phi) is 7.84. The monoisotopic (exact) mass is 602 g/mol. The fraction of sp³-hybridized carbons (Fsp3) is 0.515. The minimum absolute atomic E-state index is 0.0242. The van der Waals surface area contributed by atoms with Crippen molar-refractivity contribution in [2.45, 2.75) is 70.7 Å². The van der Waals surface area contributed by atoms with Crippen molar-refractivity contribution >= 4 is 11.7 Å².